The molecule has 41 heavy (non-hydrogen) atoms. The average Bonchev–Trinajstić information content (AvgIpc) is 3.35. The van der Waals surface area contributed by atoms with E-state index in [0.717, 1.165) is 34.8 Å². The second-order valence-corrected chi connectivity index (χ2v) is 10.6. The van der Waals surface area contributed by atoms with E-state index in [-0.39, 0.29) is 12.0 Å². The van der Waals surface area contributed by atoms with Crippen LogP contribution in [-0.4, -0.2) is 50.0 Å². The van der Waals surface area contributed by atoms with E-state index < -0.39 is 29.8 Å². The molecule has 11 heteroatoms. The van der Waals surface area contributed by atoms with Gasteiger partial charge in [-0.15, -0.1) is 0 Å². The topological polar surface area (TPSA) is 96.2 Å². The predicted molar refractivity (Wildman–Crippen MR) is 147 cm³/mol. The van der Waals surface area contributed by atoms with E-state index in [2.05, 4.69) is 15.3 Å². The number of nitrogens with zero attached hydrogens (tertiary/aromatic N) is 5. The third-order valence-electron chi connectivity index (χ3n) is 8.02. The molecule has 0 unspecified atom stereocenters. The molecule has 212 valence electrons. The lowest BCUT2D eigenvalue weighted by Gasteiger charge is -2.33. The number of anilines is 2. The maximum atomic E-state index is 12.9. The van der Waals surface area contributed by atoms with Crippen LogP contribution in [0, 0.1) is 0 Å². The Labute approximate surface area is 234 Å². The molecule has 2 N–H and O–H groups in total. The van der Waals surface area contributed by atoms with Gasteiger partial charge in [0.2, 0.25) is 0 Å². The van der Waals surface area contributed by atoms with Crippen LogP contribution < -0.4 is 10.2 Å². The molecule has 0 spiro atoms. The summed E-state index contributed by atoms with van der Waals surface area (Å²) < 4.78 is 40.7. The normalized spacial score (nSPS) is 19.8. The van der Waals surface area contributed by atoms with Crippen molar-refractivity contribution in [1.82, 2.24) is 19.7 Å². The number of rotatable bonds is 5. The highest BCUT2D eigenvalue weighted by atomic mass is 19.4. The van der Waals surface area contributed by atoms with Gasteiger partial charge in [-0.3, -0.25) is 4.79 Å². The summed E-state index contributed by atoms with van der Waals surface area (Å²) in [6.45, 7) is 2.94. The van der Waals surface area contributed by atoms with Crippen molar-refractivity contribution in [2.45, 2.75) is 49.9 Å². The second kappa shape index (κ2) is 10.6. The fraction of sp³-hybridized carbons (Fsp3) is 0.333. The number of nitrogens with one attached hydrogen (secondary N) is 1. The number of aromatic nitrogens is 4. The fourth-order valence-corrected chi connectivity index (χ4v) is 5.86. The molecule has 4 heterocycles. The highest BCUT2D eigenvalue weighted by Crippen LogP contribution is 2.44. The van der Waals surface area contributed by atoms with Crippen molar-refractivity contribution in [3.8, 4) is 0 Å². The zero-order valence-corrected chi connectivity index (χ0v) is 22.3. The predicted octanol–water partition coefficient (Wildman–Crippen LogP) is 5.13. The van der Waals surface area contributed by atoms with E-state index in [4.69, 9.17) is 5.10 Å². The minimum Gasteiger partial charge on any atom is -0.383 e. The summed E-state index contributed by atoms with van der Waals surface area (Å²) >= 11 is 0. The zero-order valence-electron chi connectivity index (χ0n) is 22.3. The van der Waals surface area contributed by atoms with Crippen molar-refractivity contribution in [1.29, 1.82) is 0 Å². The minimum atomic E-state index is -4.54. The fourth-order valence-electron chi connectivity index (χ4n) is 5.86. The number of alkyl halides is 3. The number of hydrogen-bond donors (Lipinski definition) is 2. The molecule has 1 saturated heterocycles. The molecule has 2 aromatic heterocycles. The number of fused-ring (bicyclic) bond motifs is 1. The first-order valence-corrected chi connectivity index (χ1v) is 13.6. The van der Waals surface area contributed by atoms with E-state index in [9.17, 15) is 23.1 Å². The monoisotopic (exact) mass is 562 g/mol. The van der Waals surface area contributed by atoms with Gasteiger partial charge in [0.1, 0.15) is 23.8 Å². The maximum Gasteiger partial charge on any atom is 0.434 e. The van der Waals surface area contributed by atoms with Crippen molar-refractivity contribution >= 4 is 17.5 Å². The van der Waals surface area contributed by atoms with E-state index in [1.807, 2.05) is 77.2 Å². The summed E-state index contributed by atoms with van der Waals surface area (Å²) in [4.78, 5) is 22.3. The molecule has 1 amide bonds. The van der Waals surface area contributed by atoms with Gasteiger partial charge >= 0.3 is 6.18 Å². The lowest BCUT2D eigenvalue weighted by Crippen LogP contribution is -2.38. The van der Waals surface area contributed by atoms with Crippen LogP contribution in [-0.2, 0) is 11.0 Å². The van der Waals surface area contributed by atoms with Crippen molar-refractivity contribution < 1.29 is 23.1 Å². The first-order valence-electron chi connectivity index (χ1n) is 13.6. The Bertz CT molecular complexity index is 1480. The van der Waals surface area contributed by atoms with E-state index in [0.29, 0.717) is 37.6 Å². The number of carbonyl (C=O) groups is 1. The SMILES string of the molecule is C[C@H]1c2c(C3CCN(c4cnc(C(F)(F)F)cn4)CC3)nn(C(c3ccccc3)c3ccccc3)c2NC(=O)[C@@H]1O. The van der Waals surface area contributed by atoms with Gasteiger partial charge in [0.05, 0.1) is 18.1 Å². The van der Waals surface area contributed by atoms with Gasteiger partial charge in [0.25, 0.3) is 5.91 Å². The highest BCUT2D eigenvalue weighted by molar-refractivity contribution is 5.97. The Hall–Kier alpha value is -4.25. The van der Waals surface area contributed by atoms with Crippen molar-refractivity contribution in [3.05, 3.63) is 101 Å². The first-order chi connectivity index (χ1) is 19.7. The number of hydrogen-bond acceptors (Lipinski definition) is 6. The van der Waals surface area contributed by atoms with Crippen LogP contribution >= 0.6 is 0 Å². The Kier molecular flexibility index (Phi) is 6.98. The second-order valence-electron chi connectivity index (χ2n) is 10.6. The molecule has 1 fully saturated rings. The Morgan fingerprint density at radius 1 is 0.951 bits per heavy atom. The molecule has 2 aliphatic heterocycles. The van der Waals surface area contributed by atoms with Crippen molar-refractivity contribution in [3.63, 3.8) is 0 Å². The molecule has 2 aromatic carbocycles. The molecule has 2 atom stereocenters. The number of aliphatic hydroxyl groups excluding tert-OH is 1. The van der Waals surface area contributed by atoms with Gasteiger partial charge in [-0.1, -0.05) is 67.6 Å². The molecule has 0 bridgehead atoms. The lowest BCUT2D eigenvalue weighted by molar-refractivity contribution is -0.141. The minimum absolute atomic E-state index is 0.0144. The lowest BCUT2D eigenvalue weighted by atomic mass is 9.84. The third-order valence-corrected chi connectivity index (χ3v) is 8.02. The first kappa shape index (κ1) is 26.9. The summed E-state index contributed by atoms with van der Waals surface area (Å²) in [5.41, 5.74) is 2.62. The standard InChI is InChI=1S/C30H29F3N6O2/c1-18-24-25(19-12-14-38(15-13-19)23-17-34-22(16-35-23)30(31,32)33)37-39(28(24)36-29(41)27(18)40)26(20-8-4-2-5-9-20)21-10-6-3-7-11-21/h2-11,16-19,26-27,40H,12-15H2,1H3,(H,36,41)/t18-,27+/m0/s1. The number of aliphatic hydroxyl groups is 1. The summed E-state index contributed by atoms with van der Waals surface area (Å²) in [7, 11) is 0. The van der Waals surface area contributed by atoms with Gasteiger partial charge < -0.3 is 15.3 Å². The summed E-state index contributed by atoms with van der Waals surface area (Å²) in [5, 5.41) is 18.8. The zero-order chi connectivity index (χ0) is 28.7. The van der Waals surface area contributed by atoms with Gasteiger partial charge in [-0.2, -0.15) is 18.3 Å². The Balaban J connectivity index is 1.36. The number of benzene rings is 2. The van der Waals surface area contributed by atoms with Crippen LogP contribution in [0.1, 0.15) is 65.7 Å². The highest BCUT2D eigenvalue weighted by Gasteiger charge is 2.41. The van der Waals surface area contributed by atoms with Crippen molar-refractivity contribution in [2.75, 3.05) is 23.3 Å². The van der Waals surface area contributed by atoms with Gasteiger partial charge in [0, 0.05) is 30.5 Å². The molecule has 8 nitrogen and oxygen atoms in total. The third kappa shape index (κ3) is 5.06. The number of halogens is 3. The maximum absolute atomic E-state index is 12.9. The van der Waals surface area contributed by atoms with Gasteiger partial charge in [-0.05, 0) is 24.0 Å². The molecule has 0 aliphatic carbocycles. The van der Waals surface area contributed by atoms with Crippen LogP contribution in [0.3, 0.4) is 0 Å². The number of amides is 1. The Morgan fingerprint density at radius 2 is 1.56 bits per heavy atom. The molecule has 4 aromatic rings. The quantitative estimate of drug-likeness (QED) is 0.350. The van der Waals surface area contributed by atoms with Crippen LogP contribution in [0.25, 0.3) is 0 Å². The Morgan fingerprint density at radius 3 is 2.10 bits per heavy atom. The van der Waals surface area contributed by atoms with Gasteiger partial charge in [0.15, 0.2) is 5.69 Å². The van der Waals surface area contributed by atoms with Crippen LogP contribution in [0.4, 0.5) is 24.8 Å². The summed E-state index contributed by atoms with van der Waals surface area (Å²) in [6.07, 6.45) is -2.47. The van der Waals surface area contributed by atoms with E-state index in [1.165, 1.54) is 0 Å². The number of carbonyl (C=O) groups excluding carboxylic acids is 1. The summed E-state index contributed by atoms with van der Waals surface area (Å²) in [5.74, 6) is 0.0621. The average molecular weight is 563 g/mol. The molecule has 2 aliphatic rings. The molecular formula is C30H29F3N6O2. The molecule has 6 rings (SSSR count). The van der Waals surface area contributed by atoms with Crippen LogP contribution in [0.15, 0.2) is 73.1 Å². The molecule has 0 radical (unpaired) electrons. The largest absolute Gasteiger partial charge is 0.434 e. The number of piperidine rings is 1. The molecule has 0 saturated carbocycles. The smallest absolute Gasteiger partial charge is 0.383 e. The van der Waals surface area contributed by atoms with Crippen LogP contribution in [0.5, 0.6) is 0 Å². The molecular weight excluding hydrogens is 533 g/mol. The summed E-state index contributed by atoms with van der Waals surface area (Å²) in [6, 6.07) is 19.5. The van der Waals surface area contributed by atoms with E-state index in [1.54, 1.807) is 0 Å². The van der Waals surface area contributed by atoms with Crippen LogP contribution in [0.2, 0.25) is 0 Å². The van der Waals surface area contributed by atoms with Crippen molar-refractivity contribution in [2.24, 2.45) is 0 Å². The van der Waals surface area contributed by atoms with Gasteiger partial charge in [-0.25, -0.2) is 14.6 Å². The van der Waals surface area contributed by atoms with E-state index >= 15 is 0 Å².